The van der Waals surface area contributed by atoms with Gasteiger partial charge in [-0.25, -0.2) is 0 Å². The molecule has 3 heterocycles. The van der Waals surface area contributed by atoms with Gasteiger partial charge in [-0.15, -0.1) is 10.2 Å². The molecule has 1 aromatic carbocycles. The van der Waals surface area contributed by atoms with Gasteiger partial charge in [-0.05, 0) is 28.1 Å². The maximum Gasteiger partial charge on any atom is 0.248 e. The summed E-state index contributed by atoms with van der Waals surface area (Å²) in [6.07, 6.45) is 0. The first-order valence-electron chi connectivity index (χ1n) is 9.56. The zero-order valence-corrected chi connectivity index (χ0v) is 17.3. The maximum atomic E-state index is 12.5. The van der Waals surface area contributed by atoms with E-state index >= 15 is 0 Å². The zero-order chi connectivity index (χ0) is 19.3. The topological polar surface area (TPSA) is 74.9 Å². The summed E-state index contributed by atoms with van der Waals surface area (Å²) < 4.78 is 12.1. The van der Waals surface area contributed by atoms with Gasteiger partial charge < -0.3 is 14.1 Å². The van der Waals surface area contributed by atoms with E-state index in [0.717, 1.165) is 49.3 Å². The summed E-state index contributed by atoms with van der Waals surface area (Å²) in [5.74, 6) is 1.32. The van der Waals surface area contributed by atoms with E-state index in [1.165, 1.54) is 0 Å². The van der Waals surface area contributed by atoms with Crippen molar-refractivity contribution in [2.45, 2.75) is 6.54 Å². The molecule has 0 N–H and O–H groups in total. The molecule has 0 unspecified atom stereocenters. The quantitative estimate of drug-likeness (QED) is 0.683. The van der Waals surface area contributed by atoms with Crippen molar-refractivity contribution in [3.63, 3.8) is 0 Å². The van der Waals surface area contributed by atoms with Gasteiger partial charge in [-0.3, -0.25) is 14.6 Å². The normalized spacial score (nSPS) is 19.1. The number of morpholine rings is 1. The molecule has 0 radical (unpaired) electrons. The van der Waals surface area contributed by atoms with E-state index in [9.17, 15) is 4.79 Å². The number of halogens is 1. The summed E-state index contributed by atoms with van der Waals surface area (Å²) >= 11 is 3.51. The lowest BCUT2D eigenvalue weighted by Crippen LogP contribution is -2.52. The highest BCUT2D eigenvalue weighted by Gasteiger charge is 2.24. The van der Waals surface area contributed by atoms with Crippen LogP contribution in [0.2, 0.25) is 0 Å². The second-order valence-electron chi connectivity index (χ2n) is 7.03. The van der Waals surface area contributed by atoms with E-state index in [-0.39, 0.29) is 5.91 Å². The molecule has 150 valence electrons. The number of carbonyl (C=O) groups excluding carboxylic acids is 1. The van der Waals surface area contributed by atoms with Gasteiger partial charge in [-0.2, -0.15) is 0 Å². The van der Waals surface area contributed by atoms with Gasteiger partial charge in [0.1, 0.15) is 0 Å². The monoisotopic (exact) mass is 449 g/mol. The molecule has 28 heavy (non-hydrogen) atoms. The van der Waals surface area contributed by atoms with Crippen LogP contribution < -0.4 is 0 Å². The zero-order valence-electron chi connectivity index (χ0n) is 15.7. The fraction of sp³-hybridized carbons (Fsp3) is 0.526. The number of piperazine rings is 1. The molecule has 0 bridgehead atoms. The van der Waals surface area contributed by atoms with Gasteiger partial charge >= 0.3 is 0 Å². The Bertz CT molecular complexity index is 800. The number of hydrogen-bond donors (Lipinski definition) is 0. The standard InChI is InChI=1S/C19H24BrN5O3/c20-16-4-2-1-3-15(16)19-22-21-17(28-19)13-23-5-7-25(8-6-23)18(26)14-24-9-11-27-12-10-24/h1-4H,5-14H2. The molecule has 0 saturated carbocycles. The predicted octanol–water partition coefficient (Wildman–Crippen LogP) is 1.48. The highest BCUT2D eigenvalue weighted by Crippen LogP contribution is 2.26. The third kappa shape index (κ3) is 4.78. The Morgan fingerprint density at radius 1 is 1.00 bits per heavy atom. The Morgan fingerprint density at radius 2 is 1.75 bits per heavy atom. The molecule has 2 aliphatic rings. The molecule has 2 aliphatic heterocycles. The van der Waals surface area contributed by atoms with Crippen LogP contribution in [-0.2, 0) is 16.1 Å². The van der Waals surface area contributed by atoms with Gasteiger partial charge in [0.25, 0.3) is 0 Å². The Labute approximate surface area is 172 Å². The van der Waals surface area contributed by atoms with Crippen LogP contribution in [0.15, 0.2) is 33.2 Å². The Balaban J connectivity index is 1.27. The van der Waals surface area contributed by atoms with Crippen molar-refractivity contribution in [3.05, 3.63) is 34.6 Å². The van der Waals surface area contributed by atoms with E-state index in [4.69, 9.17) is 9.15 Å². The molecule has 1 amide bonds. The SMILES string of the molecule is O=C(CN1CCOCC1)N1CCN(Cc2nnc(-c3ccccc3Br)o2)CC1. The van der Waals surface area contributed by atoms with Crippen LogP contribution in [-0.4, -0.2) is 89.8 Å². The Hall–Kier alpha value is -1.81. The van der Waals surface area contributed by atoms with Crippen molar-refractivity contribution in [3.8, 4) is 11.5 Å². The first-order valence-corrected chi connectivity index (χ1v) is 10.4. The molecule has 1 aromatic heterocycles. The van der Waals surface area contributed by atoms with Crippen LogP contribution in [0, 0.1) is 0 Å². The second kappa shape index (κ2) is 9.13. The van der Waals surface area contributed by atoms with Crippen LogP contribution in [0.1, 0.15) is 5.89 Å². The first kappa shape index (κ1) is 19.5. The summed E-state index contributed by atoms with van der Waals surface area (Å²) in [7, 11) is 0. The molecule has 9 heteroatoms. The van der Waals surface area contributed by atoms with Gasteiger partial charge in [0, 0.05) is 43.7 Å². The molecular formula is C19H24BrN5O3. The maximum absolute atomic E-state index is 12.5. The Morgan fingerprint density at radius 3 is 2.50 bits per heavy atom. The van der Waals surface area contributed by atoms with Crippen LogP contribution in [0.5, 0.6) is 0 Å². The average Bonchev–Trinajstić information content (AvgIpc) is 3.18. The summed E-state index contributed by atoms with van der Waals surface area (Å²) in [4.78, 5) is 18.9. The van der Waals surface area contributed by atoms with Crippen LogP contribution in [0.3, 0.4) is 0 Å². The minimum Gasteiger partial charge on any atom is -0.419 e. The minimum atomic E-state index is 0.204. The number of carbonyl (C=O) groups is 1. The van der Waals surface area contributed by atoms with Crippen LogP contribution in [0.25, 0.3) is 11.5 Å². The fourth-order valence-electron chi connectivity index (χ4n) is 3.46. The molecule has 4 rings (SSSR count). The molecule has 2 saturated heterocycles. The van der Waals surface area contributed by atoms with Gasteiger partial charge in [0.2, 0.25) is 17.7 Å². The first-order chi connectivity index (χ1) is 13.7. The van der Waals surface area contributed by atoms with Gasteiger partial charge in [0.05, 0.1) is 31.9 Å². The smallest absolute Gasteiger partial charge is 0.248 e. The molecule has 2 aromatic rings. The molecule has 8 nitrogen and oxygen atoms in total. The lowest BCUT2D eigenvalue weighted by atomic mass is 10.2. The lowest BCUT2D eigenvalue weighted by molar-refractivity contribution is -0.135. The Kier molecular flexibility index (Phi) is 6.36. The van der Waals surface area contributed by atoms with Crippen molar-refractivity contribution >= 4 is 21.8 Å². The number of hydrogen-bond acceptors (Lipinski definition) is 7. The third-order valence-electron chi connectivity index (χ3n) is 5.12. The molecular weight excluding hydrogens is 426 g/mol. The second-order valence-corrected chi connectivity index (χ2v) is 7.88. The molecule has 0 atom stereocenters. The number of ether oxygens (including phenoxy) is 1. The minimum absolute atomic E-state index is 0.204. The van der Waals surface area contributed by atoms with Crippen LogP contribution in [0.4, 0.5) is 0 Å². The number of aromatic nitrogens is 2. The largest absolute Gasteiger partial charge is 0.419 e. The van der Waals surface area contributed by atoms with E-state index in [0.29, 0.717) is 38.1 Å². The summed E-state index contributed by atoms with van der Waals surface area (Å²) in [5.41, 5.74) is 0.889. The van der Waals surface area contributed by atoms with Gasteiger partial charge in [-0.1, -0.05) is 12.1 Å². The highest BCUT2D eigenvalue weighted by atomic mass is 79.9. The van der Waals surface area contributed by atoms with E-state index in [1.54, 1.807) is 0 Å². The molecule has 0 spiro atoms. The van der Waals surface area contributed by atoms with E-state index in [1.807, 2.05) is 29.2 Å². The lowest BCUT2D eigenvalue weighted by Gasteiger charge is -2.35. The predicted molar refractivity (Wildman–Crippen MR) is 107 cm³/mol. The molecule has 2 fully saturated rings. The number of amides is 1. The van der Waals surface area contributed by atoms with Crippen molar-refractivity contribution in [1.29, 1.82) is 0 Å². The number of nitrogens with zero attached hydrogens (tertiary/aromatic N) is 5. The van der Waals surface area contributed by atoms with E-state index < -0.39 is 0 Å². The van der Waals surface area contributed by atoms with Crippen molar-refractivity contribution in [2.75, 3.05) is 59.0 Å². The number of rotatable bonds is 5. The fourth-order valence-corrected chi connectivity index (χ4v) is 3.91. The highest BCUT2D eigenvalue weighted by molar-refractivity contribution is 9.10. The van der Waals surface area contributed by atoms with Crippen LogP contribution >= 0.6 is 15.9 Å². The summed E-state index contributed by atoms with van der Waals surface area (Å²) in [6, 6.07) is 7.79. The molecule has 0 aliphatic carbocycles. The van der Waals surface area contributed by atoms with Crippen molar-refractivity contribution < 1.29 is 13.9 Å². The average molecular weight is 450 g/mol. The van der Waals surface area contributed by atoms with Gasteiger partial charge in [0.15, 0.2) is 0 Å². The number of benzene rings is 1. The van der Waals surface area contributed by atoms with Crippen molar-refractivity contribution in [2.24, 2.45) is 0 Å². The van der Waals surface area contributed by atoms with Crippen molar-refractivity contribution in [1.82, 2.24) is 24.9 Å². The summed E-state index contributed by atoms with van der Waals surface area (Å²) in [5, 5.41) is 8.35. The summed E-state index contributed by atoms with van der Waals surface area (Å²) in [6.45, 7) is 7.27. The van der Waals surface area contributed by atoms with E-state index in [2.05, 4.69) is 35.9 Å². The third-order valence-corrected chi connectivity index (χ3v) is 5.81.